The van der Waals surface area contributed by atoms with E-state index >= 15 is 0 Å². The Kier molecular flexibility index (Phi) is 5.09. The Balaban J connectivity index is 2.33. The molecule has 108 valence electrons. The molecule has 0 aliphatic carbocycles. The van der Waals surface area contributed by atoms with Gasteiger partial charge in [0.15, 0.2) is 11.6 Å². The molecule has 1 heterocycles. The van der Waals surface area contributed by atoms with Crippen LogP contribution in [0.4, 0.5) is 4.39 Å². The lowest BCUT2D eigenvalue weighted by Gasteiger charge is -2.17. The number of hydrogen-bond donors (Lipinski definition) is 1. The molecule has 0 aliphatic heterocycles. The van der Waals surface area contributed by atoms with Crippen LogP contribution in [0.3, 0.4) is 0 Å². The summed E-state index contributed by atoms with van der Waals surface area (Å²) in [5.74, 6) is -0.0834. The van der Waals surface area contributed by atoms with Gasteiger partial charge in [0.1, 0.15) is 5.01 Å². The van der Waals surface area contributed by atoms with Crippen LogP contribution >= 0.6 is 11.3 Å². The Morgan fingerprint density at radius 3 is 2.80 bits per heavy atom. The van der Waals surface area contributed by atoms with Gasteiger partial charge in [0, 0.05) is 11.1 Å². The fourth-order valence-corrected chi connectivity index (χ4v) is 2.90. The van der Waals surface area contributed by atoms with Crippen molar-refractivity contribution >= 4 is 11.3 Å². The Morgan fingerprint density at radius 1 is 1.45 bits per heavy atom. The summed E-state index contributed by atoms with van der Waals surface area (Å²) in [7, 11) is 1.47. The van der Waals surface area contributed by atoms with Crippen molar-refractivity contribution in [3.05, 3.63) is 45.7 Å². The maximum Gasteiger partial charge on any atom is 0.165 e. The van der Waals surface area contributed by atoms with E-state index in [0.29, 0.717) is 0 Å². The monoisotopic (exact) mass is 294 g/mol. The molecule has 1 N–H and O–H groups in total. The average Bonchev–Trinajstić information content (AvgIpc) is 2.86. The van der Waals surface area contributed by atoms with Crippen LogP contribution in [0.5, 0.6) is 5.75 Å². The molecular weight excluding hydrogens is 275 g/mol. The molecular formula is C15H19FN2OS. The fourth-order valence-electron chi connectivity index (χ4n) is 2.00. The van der Waals surface area contributed by atoms with Crippen molar-refractivity contribution in [3.8, 4) is 5.75 Å². The van der Waals surface area contributed by atoms with E-state index in [1.807, 2.05) is 18.4 Å². The second kappa shape index (κ2) is 6.81. The maximum absolute atomic E-state index is 13.9. The lowest BCUT2D eigenvalue weighted by atomic mass is 10.1. The zero-order chi connectivity index (χ0) is 14.5. The number of methoxy groups -OCH3 is 1. The fraction of sp³-hybridized carbons (Fsp3) is 0.400. The summed E-state index contributed by atoms with van der Waals surface area (Å²) in [6.45, 7) is 4.92. The third-order valence-electron chi connectivity index (χ3n) is 2.99. The molecule has 0 amide bonds. The molecule has 0 fully saturated rings. The highest BCUT2D eigenvalue weighted by molar-refractivity contribution is 7.09. The molecule has 5 heteroatoms. The van der Waals surface area contributed by atoms with Crippen molar-refractivity contribution in [2.45, 2.75) is 26.3 Å². The van der Waals surface area contributed by atoms with Crippen LogP contribution in [0, 0.1) is 12.7 Å². The molecule has 3 nitrogen and oxygen atoms in total. The van der Waals surface area contributed by atoms with Crippen LogP contribution in [0.15, 0.2) is 23.6 Å². The Morgan fingerprint density at radius 2 is 2.25 bits per heavy atom. The normalized spacial score (nSPS) is 12.4. The molecule has 0 spiro atoms. The molecule has 0 saturated heterocycles. The van der Waals surface area contributed by atoms with Gasteiger partial charge in [-0.15, -0.1) is 11.3 Å². The molecule has 1 unspecified atom stereocenters. The van der Waals surface area contributed by atoms with Gasteiger partial charge in [-0.25, -0.2) is 9.37 Å². The Hall–Kier alpha value is -1.46. The van der Waals surface area contributed by atoms with Gasteiger partial charge in [-0.1, -0.05) is 13.0 Å². The van der Waals surface area contributed by atoms with E-state index in [1.165, 1.54) is 13.2 Å². The molecule has 0 bridgehead atoms. The molecule has 0 saturated carbocycles. The first kappa shape index (κ1) is 14.9. The number of nitrogens with zero attached hydrogens (tertiary/aromatic N) is 1. The average molecular weight is 294 g/mol. The predicted octanol–water partition coefficient (Wildman–Crippen LogP) is 3.69. The first-order chi connectivity index (χ1) is 9.65. The molecule has 2 aromatic rings. The van der Waals surface area contributed by atoms with Crippen LogP contribution in [0.2, 0.25) is 0 Å². The number of nitrogens with one attached hydrogen (secondary N) is 1. The third-order valence-corrected chi connectivity index (χ3v) is 4.02. The SMILES string of the molecule is CCCNC(c1ccc(OC)c(F)c1)c1nc(C)cs1. The van der Waals surface area contributed by atoms with E-state index in [-0.39, 0.29) is 17.6 Å². The quantitative estimate of drug-likeness (QED) is 0.882. The standard InChI is InChI=1S/C15H19FN2OS/c1-4-7-17-14(15-18-10(2)9-20-15)11-5-6-13(19-3)12(16)8-11/h5-6,8-9,14,17H,4,7H2,1-3H3. The minimum atomic E-state index is -0.346. The van der Waals surface area contributed by atoms with Crippen molar-refractivity contribution in [3.63, 3.8) is 0 Å². The molecule has 0 aliphatic rings. The lowest BCUT2D eigenvalue weighted by Crippen LogP contribution is -2.23. The zero-order valence-corrected chi connectivity index (χ0v) is 12.8. The Labute approximate surface area is 122 Å². The summed E-state index contributed by atoms with van der Waals surface area (Å²) in [6.07, 6.45) is 1.01. The Bertz CT molecular complexity index is 571. The summed E-state index contributed by atoms with van der Waals surface area (Å²) in [6, 6.07) is 4.98. The van der Waals surface area contributed by atoms with Crippen LogP contribution in [0.25, 0.3) is 0 Å². The number of halogens is 1. The second-order valence-corrected chi connectivity index (χ2v) is 5.50. The van der Waals surface area contributed by atoms with E-state index in [4.69, 9.17) is 4.74 Å². The predicted molar refractivity (Wildman–Crippen MR) is 79.9 cm³/mol. The zero-order valence-electron chi connectivity index (χ0n) is 11.9. The van der Waals surface area contributed by atoms with E-state index < -0.39 is 0 Å². The summed E-state index contributed by atoms with van der Waals surface area (Å²) in [4.78, 5) is 4.51. The van der Waals surface area contributed by atoms with Gasteiger partial charge in [-0.3, -0.25) is 0 Å². The minimum Gasteiger partial charge on any atom is -0.494 e. The first-order valence-electron chi connectivity index (χ1n) is 6.64. The highest BCUT2D eigenvalue weighted by Gasteiger charge is 2.18. The molecule has 1 aromatic heterocycles. The van der Waals surface area contributed by atoms with Crippen molar-refractivity contribution < 1.29 is 9.13 Å². The van der Waals surface area contributed by atoms with Crippen LogP contribution in [-0.4, -0.2) is 18.6 Å². The van der Waals surface area contributed by atoms with Crippen molar-refractivity contribution in [2.24, 2.45) is 0 Å². The lowest BCUT2D eigenvalue weighted by molar-refractivity contribution is 0.385. The number of benzene rings is 1. The highest BCUT2D eigenvalue weighted by Crippen LogP contribution is 2.28. The molecule has 20 heavy (non-hydrogen) atoms. The number of ether oxygens (including phenoxy) is 1. The number of aromatic nitrogens is 1. The van der Waals surface area contributed by atoms with Crippen molar-refractivity contribution in [1.29, 1.82) is 0 Å². The van der Waals surface area contributed by atoms with Gasteiger partial charge in [0.25, 0.3) is 0 Å². The van der Waals surface area contributed by atoms with Gasteiger partial charge >= 0.3 is 0 Å². The summed E-state index contributed by atoms with van der Waals surface area (Å²) in [5, 5.41) is 6.39. The van der Waals surface area contributed by atoms with E-state index in [0.717, 1.165) is 29.2 Å². The van der Waals surface area contributed by atoms with Crippen LogP contribution in [-0.2, 0) is 0 Å². The van der Waals surface area contributed by atoms with E-state index in [9.17, 15) is 4.39 Å². The maximum atomic E-state index is 13.9. The van der Waals surface area contributed by atoms with Gasteiger partial charge in [0.05, 0.1) is 13.2 Å². The minimum absolute atomic E-state index is 0.0749. The number of rotatable bonds is 6. The topological polar surface area (TPSA) is 34.1 Å². The van der Waals surface area contributed by atoms with E-state index in [2.05, 4.69) is 17.2 Å². The molecule has 0 radical (unpaired) electrons. The number of aryl methyl sites for hydroxylation is 1. The summed E-state index contributed by atoms with van der Waals surface area (Å²) >= 11 is 1.59. The molecule has 1 aromatic carbocycles. The highest BCUT2D eigenvalue weighted by atomic mass is 32.1. The van der Waals surface area contributed by atoms with Gasteiger partial charge in [0.2, 0.25) is 0 Å². The van der Waals surface area contributed by atoms with Crippen LogP contribution in [0.1, 0.15) is 35.7 Å². The molecule has 1 atom stereocenters. The van der Waals surface area contributed by atoms with E-state index in [1.54, 1.807) is 17.4 Å². The molecule has 2 rings (SSSR count). The number of hydrogen-bond acceptors (Lipinski definition) is 4. The van der Waals surface area contributed by atoms with Crippen molar-refractivity contribution in [2.75, 3.05) is 13.7 Å². The van der Waals surface area contributed by atoms with Crippen molar-refractivity contribution in [1.82, 2.24) is 10.3 Å². The van der Waals surface area contributed by atoms with Gasteiger partial charge in [-0.05, 0) is 37.6 Å². The summed E-state index contributed by atoms with van der Waals surface area (Å²) < 4.78 is 18.8. The smallest absolute Gasteiger partial charge is 0.165 e. The van der Waals surface area contributed by atoms with Crippen LogP contribution < -0.4 is 10.1 Å². The third kappa shape index (κ3) is 3.35. The van der Waals surface area contributed by atoms with Gasteiger partial charge in [-0.2, -0.15) is 0 Å². The second-order valence-electron chi connectivity index (χ2n) is 4.61. The first-order valence-corrected chi connectivity index (χ1v) is 7.52. The number of thiazole rings is 1. The summed E-state index contributed by atoms with van der Waals surface area (Å²) in [5.41, 5.74) is 1.85. The largest absolute Gasteiger partial charge is 0.494 e. The van der Waals surface area contributed by atoms with Gasteiger partial charge < -0.3 is 10.1 Å².